The molecule has 0 bridgehead atoms. The molecule has 0 aromatic rings. The van der Waals surface area contributed by atoms with Gasteiger partial charge in [-0.25, -0.2) is 0 Å². The van der Waals surface area contributed by atoms with Crippen molar-refractivity contribution in [1.29, 1.82) is 0 Å². The number of hydrogen-bond donors (Lipinski definition) is 3. The summed E-state index contributed by atoms with van der Waals surface area (Å²) < 4.78 is 5.67. The maximum atomic E-state index is 10.1. The highest BCUT2D eigenvalue weighted by molar-refractivity contribution is 8.14. The second-order valence-electron chi connectivity index (χ2n) is 5.05. The minimum Gasteiger partial charge on any atom is -0.391 e. The Labute approximate surface area is 110 Å². The van der Waals surface area contributed by atoms with Crippen LogP contribution in [0.4, 0.5) is 0 Å². The highest BCUT2D eigenvalue weighted by Crippen LogP contribution is 2.38. The van der Waals surface area contributed by atoms with Crippen LogP contribution in [0, 0.1) is 0 Å². The lowest BCUT2D eigenvalue weighted by atomic mass is 9.95. The van der Waals surface area contributed by atoms with Gasteiger partial charge >= 0.3 is 0 Å². The Bertz CT molecular complexity index is 361. The molecule has 0 aromatic heterocycles. The summed E-state index contributed by atoms with van der Waals surface area (Å²) in [5, 5.41) is 30.4. The Morgan fingerprint density at radius 2 is 2.11 bits per heavy atom. The van der Waals surface area contributed by atoms with Gasteiger partial charge in [-0.1, -0.05) is 11.8 Å². The molecule has 0 radical (unpaired) electrons. The van der Waals surface area contributed by atoms with E-state index in [0.29, 0.717) is 0 Å². The van der Waals surface area contributed by atoms with Crippen molar-refractivity contribution in [3.05, 3.63) is 0 Å². The molecule has 0 amide bonds. The maximum absolute atomic E-state index is 10.1. The van der Waals surface area contributed by atoms with E-state index in [2.05, 4.69) is 9.89 Å². The molecule has 0 aliphatic carbocycles. The SMILES string of the molecule is C[C@H](O)C1OC2SC(N3CCC3)=NC2C(O)C1O. The number of aliphatic hydroxyl groups excluding tert-OH is 3. The number of hydrogen-bond acceptors (Lipinski definition) is 7. The fraction of sp³-hybridized carbons (Fsp3) is 0.909. The molecular formula is C11H18N2O4S. The van der Waals surface area contributed by atoms with Crippen molar-refractivity contribution in [1.82, 2.24) is 4.90 Å². The highest BCUT2D eigenvalue weighted by atomic mass is 32.2. The molecule has 6 atom stereocenters. The van der Waals surface area contributed by atoms with E-state index in [9.17, 15) is 15.3 Å². The van der Waals surface area contributed by atoms with Crippen LogP contribution < -0.4 is 0 Å². The molecule has 6 nitrogen and oxygen atoms in total. The predicted molar refractivity (Wildman–Crippen MR) is 67.4 cm³/mol. The number of likely N-dealkylation sites (tertiary alicyclic amines) is 1. The second kappa shape index (κ2) is 4.64. The van der Waals surface area contributed by atoms with Gasteiger partial charge in [-0.2, -0.15) is 0 Å². The minimum absolute atomic E-state index is 0.307. The number of aliphatic hydroxyl groups is 3. The smallest absolute Gasteiger partial charge is 0.162 e. The zero-order valence-corrected chi connectivity index (χ0v) is 11.0. The first-order valence-corrected chi connectivity index (χ1v) is 7.15. The zero-order valence-electron chi connectivity index (χ0n) is 10.1. The molecule has 2 fully saturated rings. The Morgan fingerprint density at radius 1 is 1.39 bits per heavy atom. The zero-order chi connectivity index (χ0) is 12.9. The Hall–Kier alpha value is -0.340. The summed E-state index contributed by atoms with van der Waals surface area (Å²) in [6.07, 6.45) is -2.47. The van der Waals surface area contributed by atoms with Crippen LogP contribution in [-0.2, 0) is 4.74 Å². The average Bonchev–Trinajstić information content (AvgIpc) is 2.64. The van der Waals surface area contributed by atoms with Crippen LogP contribution in [0.15, 0.2) is 4.99 Å². The quantitative estimate of drug-likeness (QED) is 0.568. The molecule has 2 saturated heterocycles. The van der Waals surface area contributed by atoms with Crippen LogP contribution in [0.3, 0.4) is 0 Å². The minimum atomic E-state index is -1.09. The third kappa shape index (κ3) is 1.94. The molecule has 102 valence electrons. The van der Waals surface area contributed by atoms with E-state index in [1.807, 2.05) is 0 Å². The van der Waals surface area contributed by atoms with E-state index < -0.39 is 30.5 Å². The van der Waals surface area contributed by atoms with E-state index in [1.54, 1.807) is 6.92 Å². The lowest BCUT2D eigenvalue weighted by molar-refractivity contribution is -0.181. The molecule has 18 heavy (non-hydrogen) atoms. The van der Waals surface area contributed by atoms with Crippen molar-refractivity contribution < 1.29 is 20.1 Å². The van der Waals surface area contributed by atoms with Gasteiger partial charge in [0.15, 0.2) is 5.17 Å². The van der Waals surface area contributed by atoms with Gasteiger partial charge in [0.2, 0.25) is 0 Å². The number of rotatable bonds is 1. The topological polar surface area (TPSA) is 85.5 Å². The molecule has 0 spiro atoms. The van der Waals surface area contributed by atoms with E-state index in [1.165, 1.54) is 11.8 Å². The first kappa shape index (κ1) is 12.7. The van der Waals surface area contributed by atoms with Gasteiger partial charge in [-0.05, 0) is 13.3 Å². The number of ether oxygens (including phenoxy) is 1. The molecule has 7 heteroatoms. The summed E-state index contributed by atoms with van der Waals surface area (Å²) in [7, 11) is 0. The van der Waals surface area contributed by atoms with Gasteiger partial charge in [0.1, 0.15) is 29.8 Å². The number of fused-ring (bicyclic) bond motifs is 1. The van der Waals surface area contributed by atoms with Gasteiger partial charge in [-0.15, -0.1) is 0 Å². The van der Waals surface area contributed by atoms with Gasteiger partial charge in [0.05, 0.1) is 6.10 Å². The molecule has 3 N–H and O–H groups in total. The van der Waals surface area contributed by atoms with Gasteiger partial charge in [0, 0.05) is 13.1 Å². The van der Waals surface area contributed by atoms with Crippen LogP contribution in [-0.4, -0.2) is 74.4 Å². The molecule has 0 aromatic carbocycles. The molecule has 0 saturated carbocycles. The van der Waals surface area contributed by atoms with Crippen LogP contribution in [0.2, 0.25) is 0 Å². The number of aliphatic imine (C=N–C) groups is 1. The van der Waals surface area contributed by atoms with Gasteiger partial charge in [-0.3, -0.25) is 4.99 Å². The summed E-state index contributed by atoms with van der Waals surface area (Å²) in [4.78, 5) is 6.59. The number of nitrogens with zero attached hydrogens (tertiary/aromatic N) is 2. The fourth-order valence-corrected chi connectivity index (χ4v) is 3.70. The van der Waals surface area contributed by atoms with E-state index in [-0.39, 0.29) is 5.44 Å². The Balaban J connectivity index is 1.75. The number of amidine groups is 1. The van der Waals surface area contributed by atoms with Crippen molar-refractivity contribution in [2.24, 2.45) is 4.99 Å². The van der Waals surface area contributed by atoms with Crippen LogP contribution in [0.5, 0.6) is 0 Å². The summed E-state index contributed by atoms with van der Waals surface area (Å²) in [5.41, 5.74) is -0.307. The molecular weight excluding hydrogens is 256 g/mol. The monoisotopic (exact) mass is 274 g/mol. The van der Waals surface area contributed by atoms with Crippen molar-refractivity contribution in [2.45, 2.75) is 49.2 Å². The largest absolute Gasteiger partial charge is 0.391 e. The lowest BCUT2D eigenvalue weighted by Crippen LogP contribution is -2.57. The van der Waals surface area contributed by atoms with Crippen LogP contribution in [0.1, 0.15) is 13.3 Å². The third-order valence-electron chi connectivity index (χ3n) is 3.69. The third-order valence-corrected chi connectivity index (χ3v) is 4.89. The summed E-state index contributed by atoms with van der Waals surface area (Å²) in [6.45, 7) is 3.53. The van der Waals surface area contributed by atoms with E-state index in [0.717, 1.165) is 24.7 Å². The normalized spacial score (nSPS) is 45.2. The van der Waals surface area contributed by atoms with E-state index in [4.69, 9.17) is 4.74 Å². The van der Waals surface area contributed by atoms with Crippen molar-refractivity contribution in [2.75, 3.05) is 13.1 Å². The number of thioether (sulfide) groups is 1. The molecule has 5 unspecified atom stereocenters. The summed E-state index contributed by atoms with van der Waals surface area (Å²) in [6, 6.07) is -0.435. The molecule has 3 rings (SSSR count). The Morgan fingerprint density at radius 3 is 2.67 bits per heavy atom. The molecule has 3 aliphatic heterocycles. The van der Waals surface area contributed by atoms with Gasteiger partial charge < -0.3 is 25.0 Å². The first-order chi connectivity index (χ1) is 8.58. The molecule has 3 aliphatic rings. The van der Waals surface area contributed by atoms with Crippen molar-refractivity contribution in [3.63, 3.8) is 0 Å². The predicted octanol–water partition coefficient (Wildman–Crippen LogP) is -1.01. The summed E-state index contributed by atoms with van der Waals surface area (Å²) >= 11 is 1.48. The maximum Gasteiger partial charge on any atom is 0.162 e. The Kier molecular flexibility index (Phi) is 3.27. The van der Waals surface area contributed by atoms with Crippen molar-refractivity contribution >= 4 is 16.9 Å². The first-order valence-electron chi connectivity index (χ1n) is 6.27. The lowest BCUT2D eigenvalue weighted by Gasteiger charge is -2.39. The fourth-order valence-electron chi connectivity index (χ4n) is 2.43. The second-order valence-corrected chi connectivity index (χ2v) is 6.12. The standard InChI is InChI=1S/C11H18N2O4S/c1-5(14)9-8(16)7(15)6-10(17-9)18-11(12-6)13-3-2-4-13/h5-10,14-16H,2-4H2,1H3/t5-,6?,7?,8?,9?,10?/m0/s1. The summed E-state index contributed by atoms with van der Waals surface area (Å²) in [5.74, 6) is 0. The van der Waals surface area contributed by atoms with E-state index >= 15 is 0 Å². The average molecular weight is 274 g/mol. The molecule has 3 heterocycles. The highest BCUT2D eigenvalue weighted by Gasteiger charge is 2.50. The van der Waals surface area contributed by atoms with Crippen LogP contribution >= 0.6 is 11.8 Å². The van der Waals surface area contributed by atoms with Crippen molar-refractivity contribution in [3.8, 4) is 0 Å². The van der Waals surface area contributed by atoms with Crippen LogP contribution in [0.25, 0.3) is 0 Å². The van der Waals surface area contributed by atoms with Gasteiger partial charge in [0.25, 0.3) is 0 Å².